The van der Waals surface area contributed by atoms with Gasteiger partial charge in [0.05, 0.1) is 24.1 Å². The van der Waals surface area contributed by atoms with Gasteiger partial charge in [-0.25, -0.2) is 4.98 Å². The molecule has 0 aliphatic carbocycles. The molecule has 2 heterocycles. The number of aromatic nitrogens is 2. The highest BCUT2D eigenvalue weighted by Crippen LogP contribution is 2.32. The third kappa shape index (κ3) is 4.09. The van der Waals surface area contributed by atoms with Crippen molar-refractivity contribution in [2.45, 2.75) is 13.1 Å². The fourth-order valence-electron chi connectivity index (χ4n) is 3.29. The average molecular weight is 425 g/mol. The maximum absolute atomic E-state index is 13.0. The summed E-state index contributed by atoms with van der Waals surface area (Å²) in [5.74, 6) is -0.295. The largest absolute Gasteiger partial charge is 0.495 e. The average Bonchev–Trinajstić information content (AvgIpc) is 3.19. The zero-order chi connectivity index (χ0) is 22.2. The van der Waals surface area contributed by atoms with Gasteiger partial charge in [-0.2, -0.15) is 13.2 Å². The molecule has 0 fully saturated rings. The number of carbonyl (C=O) groups is 1. The number of ether oxygens (including phenoxy) is 1. The van der Waals surface area contributed by atoms with Crippen LogP contribution in [-0.2, 0) is 6.18 Å². The number of rotatable bonds is 4. The van der Waals surface area contributed by atoms with Gasteiger partial charge >= 0.3 is 6.18 Å². The molecule has 8 heteroatoms. The quantitative estimate of drug-likeness (QED) is 0.464. The lowest BCUT2D eigenvalue weighted by molar-refractivity contribution is -0.137. The van der Waals surface area contributed by atoms with Gasteiger partial charge < -0.3 is 14.5 Å². The fraction of sp³-hybridized carbons (Fsp3) is 0.130. The summed E-state index contributed by atoms with van der Waals surface area (Å²) < 4.78 is 46.1. The summed E-state index contributed by atoms with van der Waals surface area (Å²) in [5, 5.41) is 2.65. The van der Waals surface area contributed by atoms with Crippen LogP contribution in [0.4, 0.5) is 18.9 Å². The van der Waals surface area contributed by atoms with Gasteiger partial charge in [0.1, 0.15) is 11.4 Å². The van der Waals surface area contributed by atoms with Crippen LogP contribution in [0.3, 0.4) is 0 Å². The predicted octanol–water partition coefficient (Wildman–Crippen LogP) is 5.59. The van der Waals surface area contributed by atoms with E-state index in [4.69, 9.17) is 4.74 Å². The van der Waals surface area contributed by atoms with Crippen LogP contribution >= 0.6 is 0 Å². The smallest absolute Gasteiger partial charge is 0.416 e. The molecule has 1 amide bonds. The minimum absolute atomic E-state index is 0.106. The standard InChI is InChI=1S/C23H18F3N3O2/c1-14-5-4-10-29-13-19(27-21(14)29)15-8-9-20(31-2)18(12-15)28-22(30)16-6-3-7-17(11-16)23(24,25)26/h3-13H,1-2H3,(H,28,30). The van der Waals surface area contributed by atoms with E-state index in [0.717, 1.165) is 28.9 Å². The number of amides is 1. The Kier molecular flexibility index (Phi) is 5.14. The van der Waals surface area contributed by atoms with Crippen molar-refractivity contribution in [3.05, 3.63) is 83.7 Å². The van der Waals surface area contributed by atoms with Gasteiger partial charge in [0.2, 0.25) is 0 Å². The lowest BCUT2D eigenvalue weighted by Gasteiger charge is -2.13. The number of anilines is 1. The molecule has 0 aliphatic heterocycles. The van der Waals surface area contributed by atoms with Gasteiger partial charge in [-0.3, -0.25) is 4.79 Å². The molecule has 2 aromatic heterocycles. The molecule has 0 radical (unpaired) electrons. The molecule has 1 N–H and O–H groups in total. The molecule has 0 spiro atoms. The Morgan fingerprint density at radius 2 is 1.90 bits per heavy atom. The number of nitrogens with zero attached hydrogens (tertiary/aromatic N) is 2. The number of benzene rings is 2. The first-order valence-electron chi connectivity index (χ1n) is 9.37. The molecule has 0 unspecified atom stereocenters. The van der Waals surface area contributed by atoms with Gasteiger partial charge in [-0.15, -0.1) is 0 Å². The van der Waals surface area contributed by atoms with Crippen molar-refractivity contribution in [2.75, 3.05) is 12.4 Å². The first-order chi connectivity index (χ1) is 14.8. The predicted molar refractivity (Wildman–Crippen MR) is 111 cm³/mol. The topological polar surface area (TPSA) is 55.6 Å². The van der Waals surface area contributed by atoms with Crippen molar-refractivity contribution < 1.29 is 22.7 Å². The maximum Gasteiger partial charge on any atom is 0.416 e. The Morgan fingerprint density at radius 1 is 1.10 bits per heavy atom. The van der Waals surface area contributed by atoms with E-state index in [-0.39, 0.29) is 5.56 Å². The summed E-state index contributed by atoms with van der Waals surface area (Å²) in [6.45, 7) is 1.96. The van der Waals surface area contributed by atoms with Crippen LogP contribution in [0.25, 0.3) is 16.9 Å². The maximum atomic E-state index is 13.0. The molecule has 5 nitrogen and oxygen atoms in total. The van der Waals surface area contributed by atoms with Gasteiger partial charge in [-0.1, -0.05) is 12.1 Å². The van der Waals surface area contributed by atoms with E-state index in [2.05, 4.69) is 10.3 Å². The number of hydrogen-bond acceptors (Lipinski definition) is 3. The van der Waals surface area contributed by atoms with E-state index in [9.17, 15) is 18.0 Å². The molecular weight excluding hydrogens is 407 g/mol. The highest BCUT2D eigenvalue weighted by Gasteiger charge is 2.31. The number of pyridine rings is 1. The molecule has 0 aliphatic rings. The van der Waals surface area contributed by atoms with E-state index in [1.165, 1.54) is 19.2 Å². The van der Waals surface area contributed by atoms with E-state index in [1.54, 1.807) is 18.2 Å². The first-order valence-corrected chi connectivity index (χ1v) is 9.37. The number of imidazole rings is 1. The zero-order valence-electron chi connectivity index (χ0n) is 16.7. The first kappa shape index (κ1) is 20.5. The Bertz CT molecular complexity index is 1280. The lowest BCUT2D eigenvalue weighted by Crippen LogP contribution is -2.14. The van der Waals surface area contributed by atoms with Crippen LogP contribution in [0.2, 0.25) is 0 Å². The number of aryl methyl sites for hydroxylation is 1. The summed E-state index contributed by atoms with van der Waals surface area (Å²) in [6.07, 6.45) is -0.781. The van der Waals surface area contributed by atoms with Gasteiger partial charge in [0.15, 0.2) is 0 Å². The molecule has 4 aromatic rings. The number of carbonyl (C=O) groups excluding carboxylic acids is 1. The second-order valence-corrected chi connectivity index (χ2v) is 7.00. The molecule has 0 saturated heterocycles. The van der Waals surface area contributed by atoms with Gasteiger partial charge in [0.25, 0.3) is 5.91 Å². The normalized spacial score (nSPS) is 11.5. The molecule has 0 bridgehead atoms. The highest BCUT2D eigenvalue weighted by atomic mass is 19.4. The third-order valence-corrected chi connectivity index (χ3v) is 4.87. The number of alkyl halides is 3. The van der Waals surface area contributed by atoms with E-state index >= 15 is 0 Å². The minimum Gasteiger partial charge on any atom is -0.495 e. The molecule has 4 rings (SSSR count). The molecule has 31 heavy (non-hydrogen) atoms. The lowest BCUT2D eigenvalue weighted by atomic mass is 10.1. The monoisotopic (exact) mass is 425 g/mol. The molecular formula is C23H18F3N3O2. The number of nitrogens with one attached hydrogen (secondary N) is 1. The molecule has 2 aromatic carbocycles. The van der Waals surface area contributed by atoms with E-state index in [1.807, 2.05) is 35.9 Å². The fourth-order valence-corrected chi connectivity index (χ4v) is 3.29. The van der Waals surface area contributed by atoms with Crippen molar-refractivity contribution >= 4 is 17.2 Å². The van der Waals surface area contributed by atoms with Crippen molar-refractivity contribution in [3.8, 4) is 17.0 Å². The van der Waals surface area contributed by atoms with Gasteiger partial charge in [0, 0.05) is 23.5 Å². The van der Waals surface area contributed by atoms with Crippen LogP contribution in [0.15, 0.2) is 67.0 Å². The Labute approximate surface area is 176 Å². The van der Waals surface area contributed by atoms with Crippen molar-refractivity contribution in [1.29, 1.82) is 0 Å². The molecule has 0 atom stereocenters. The number of hydrogen-bond donors (Lipinski definition) is 1. The SMILES string of the molecule is COc1ccc(-c2cn3cccc(C)c3n2)cc1NC(=O)c1cccc(C(F)(F)F)c1. The highest BCUT2D eigenvalue weighted by molar-refractivity contribution is 6.05. The zero-order valence-corrected chi connectivity index (χ0v) is 16.7. The second-order valence-electron chi connectivity index (χ2n) is 7.00. The van der Waals surface area contributed by atoms with Gasteiger partial charge in [-0.05, 0) is 55.0 Å². The Morgan fingerprint density at radius 3 is 2.61 bits per heavy atom. The summed E-state index contributed by atoms with van der Waals surface area (Å²) in [4.78, 5) is 17.3. The summed E-state index contributed by atoms with van der Waals surface area (Å²) in [5.41, 5.74) is 2.57. The van der Waals surface area contributed by atoms with Crippen LogP contribution in [0.1, 0.15) is 21.5 Å². The van der Waals surface area contributed by atoms with Crippen LogP contribution in [0, 0.1) is 6.92 Å². The summed E-state index contributed by atoms with van der Waals surface area (Å²) in [7, 11) is 1.45. The minimum atomic E-state index is -4.53. The number of methoxy groups -OCH3 is 1. The third-order valence-electron chi connectivity index (χ3n) is 4.87. The van der Waals surface area contributed by atoms with E-state index in [0.29, 0.717) is 17.1 Å². The van der Waals surface area contributed by atoms with Crippen LogP contribution in [0.5, 0.6) is 5.75 Å². The van der Waals surface area contributed by atoms with Crippen molar-refractivity contribution in [3.63, 3.8) is 0 Å². The van der Waals surface area contributed by atoms with Crippen LogP contribution in [-0.4, -0.2) is 22.4 Å². The Hall–Kier alpha value is -3.81. The van der Waals surface area contributed by atoms with Crippen molar-refractivity contribution in [2.24, 2.45) is 0 Å². The molecule has 158 valence electrons. The van der Waals surface area contributed by atoms with E-state index < -0.39 is 17.6 Å². The Balaban J connectivity index is 1.68. The second kappa shape index (κ2) is 7.79. The van der Waals surface area contributed by atoms with Crippen LogP contribution < -0.4 is 10.1 Å². The summed E-state index contributed by atoms with van der Waals surface area (Å²) in [6, 6.07) is 13.3. The van der Waals surface area contributed by atoms with Crippen molar-refractivity contribution in [1.82, 2.24) is 9.38 Å². The summed E-state index contributed by atoms with van der Waals surface area (Å²) >= 11 is 0. The number of halogens is 3. The number of fused-ring (bicyclic) bond motifs is 1. The molecule has 0 saturated carbocycles.